The van der Waals surface area contributed by atoms with Crippen molar-refractivity contribution in [2.75, 3.05) is 19.6 Å². The third-order valence-corrected chi connectivity index (χ3v) is 4.25. The molecule has 0 radical (unpaired) electrons. The maximum atomic E-state index is 10.1. The summed E-state index contributed by atoms with van der Waals surface area (Å²) in [6.45, 7) is 5.87. The molecule has 6 nitrogen and oxygen atoms in total. The highest BCUT2D eigenvalue weighted by atomic mass is 16.4. The molecule has 0 aliphatic carbocycles. The fourth-order valence-corrected chi connectivity index (χ4v) is 2.91. The second-order valence-electron chi connectivity index (χ2n) is 6.29. The molecule has 0 amide bonds. The second kappa shape index (κ2) is 8.58. The summed E-state index contributed by atoms with van der Waals surface area (Å²) in [5.41, 5.74) is 3.70. The molecule has 1 unspecified atom stereocenters. The van der Waals surface area contributed by atoms with E-state index >= 15 is 0 Å². The van der Waals surface area contributed by atoms with Crippen molar-refractivity contribution < 1.29 is 9.52 Å². The second-order valence-corrected chi connectivity index (χ2v) is 6.29. The molecule has 0 aliphatic heterocycles. The minimum atomic E-state index is -0.739. The molecule has 0 saturated heterocycles. The van der Waals surface area contributed by atoms with Crippen molar-refractivity contribution in [3.63, 3.8) is 0 Å². The molecule has 26 heavy (non-hydrogen) atoms. The number of nitrogens with one attached hydrogen (secondary N) is 3. The molecule has 0 saturated carbocycles. The predicted molar refractivity (Wildman–Crippen MR) is 104 cm³/mol. The van der Waals surface area contributed by atoms with Crippen molar-refractivity contribution >= 4 is 16.9 Å². The van der Waals surface area contributed by atoms with Gasteiger partial charge < -0.3 is 25.1 Å². The number of fused-ring (bicyclic) bond motifs is 1. The number of hydrogen-bond donors (Lipinski definition) is 4. The van der Waals surface area contributed by atoms with E-state index in [4.69, 9.17) is 4.42 Å². The highest BCUT2D eigenvalue weighted by Crippen LogP contribution is 2.19. The monoisotopic (exact) mass is 354 g/mol. The van der Waals surface area contributed by atoms with E-state index in [1.54, 1.807) is 18.4 Å². The molecule has 0 aliphatic rings. The number of benzene rings is 1. The van der Waals surface area contributed by atoms with Gasteiger partial charge in [0.15, 0.2) is 5.96 Å². The largest absolute Gasteiger partial charge is 0.467 e. The van der Waals surface area contributed by atoms with Crippen LogP contribution in [0, 0.1) is 6.92 Å². The number of aliphatic hydroxyl groups is 1. The quantitative estimate of drug-likeness (QED) is 0.388. The molecule has 3 aromatic rings. The molecule has 1 aromatic carbocycles. The number of aromatic amines is 1. The minimum absolute atomic E-state index is 0.245. The Hall–Kier alpha value is -2.73. The Morgan fingerprint density at radius 3 is 2.96 bits per heavy atom. The molecular weight excluding hydrogens is 328 g/mol. The van der Waals surface area contributed by atoms with Gasteiger partial charge in [0, 0.05) is 30.2 Å². The zero-order valence-electron chi connectivity index (χ0n) is 15.2. The third-order valence-electron chi connectivity index (χ3n) is 4.25. The van der Waals surface area contributed by atoms with Crippen molar-refractivity contribution in [3.05, 3.63) is 59.7 Å². The van der Waals surface area contributed by atoms with E-state index < -0.39 is 6.10 Å². The Balaban J connectivity index is 1.57. The van der Waals surface area contributed by atoms with Crippen LogP contribution in [0.25, 0.3) is 10.9 Å². The van der Waals surface area contributed by atoms with Gasteiger partial charge in [-0.15, -0.1) is 0 Å². The number of aromatic nitrogens is 1. The van der Waals surface area contributed by atoms with Crippen LogP contribution in [0.1, 0.15) is 29.9 Å². The van der Waals surface area contributed by atoms with E-state index in [1.807, 2.05) is 6.92 Å². The van der Waals surface area contributed by atoms with E-state index in [2.05, 4.69) is 51.9 Å². The summed E-state index contributed by atoms with van der Waals surface area (Å²) in [5.74, 6) is 1.22. The van der Waals surface area contributed by atoms with E-state index in [9.17, 15) is 5.11 Å². The molecule has 3 rings (SSSR count). The van der Waals surface area contributed by atoms with Gasteiger partial charge in [0.05, 0.1) is 12.8 Å². The Morgan fingerprint density at radius 1 is 1.31 bits per heavy atom. The summed E-state index contributed by atoms with van der Waals surface area (Å²) in [5, 5.41) is 17.9. The zero-order valence-corrected chi connectivity index (χ0v) is 15.2. The molecule has 4 N–H and O–H groups in total. The molecule has 0 spiro atoms. The van der Waals surface area contributed by atoms with Crippen molar-refractivity contribution in [3.8, 4) is 0 Å². The summed E-state index contributed by atoms with van der Waals surface area (Å²) >= 11 is 0. The normalized spacial score (nSPS) is 13.1. The van der Waals surface area contributed by atoms with Gasteiger partial charge in [-0.05, 0) is 49.6 Å². The average Bonchev–Trinajstić information content (AvgIpc) is 3.29. The van der Waals surface area contributed by atoms with E-state index in [0.29, 0.717) is 11.7 Å². The maximum Gasteiger partial charge on any atom is 0.191 e. The number of H-pyrrole nitrogens is 1. The van der Waals surface area contributed by atoms with Gasteiger partial charge in [-0.25, -0.2) is 0 Å². The number of aryl methyl sites for hydroxylation is 1. The standard InChI is InChI=1S/C20H26N4O2/c1-3-21-20(24-13-18(25)19-5-4-10-26-19)22-9-8-15-12-23-17-11-14(2)6-7-16(15)17/h4-7,10-12,18,23,25H,3,8-9,13H2,1-2H3,(H2,21,22,24). The first kappa shape index (κ1) is 18.1. The Morgan fingerprint density at radius 2 is 2.19 bits per heavy atom. The topological polar surface area (TPSA) is 85.6 Å². The van der Waals surface area contributed by atoms with Gasteiger partial charge >= 0.3 is 0 Å². The fraction of sp³-hybridized carbons (Fsp3) is 0.350. The fourth-order valence-electron chi connectivity index (χ4n) is 2.91. The lowest BCUT2D eigenvalue weighted by molar-refractivity contribution is 0.158. The number of rotatable bonds is 7. The highest BCUT2D eigenvalue weighted by molar-refractivity contribution is 5.84. The smallest absolute Gasteiger partial charge is 0.191 e. The summed E-state index contributed by atoms with van der Waals surface area (Å²) in [4.78, 5) is 7.77. The molecule has 0 fully saturated rings. The van der Waals surface area contributed by atoms with Gasteiger partial charge in [-0.3, -0.25) is 4.99 Å². The van der Waals surface area contributed by atoms with Crippen molar-refractivity contribution in [1.29, 1.82) is 0 Å². The number of aliphatic imine (C=N–C) groups is 1. The molecule has 2 heterocycles. The Labute approximate surface area is 153 Å². The van der Waals surface area contributed by atoms with Gasteiger partial charge in [-0.1, -0.05) is 12.1 Å². The first-order valence-electron chi connectivity index (χ1n) is 8.97. The van der Waals surface area contributed by atoms with Crippen LogP contribution >= 0.6 is 0 Å². The van der Waals surface area contributed by atoms with Crippen molar-refractivity contribution in [1.82, 2.24) is 15.6 Å². The molecule has 138 valence electrons. The number of nitrogens with zero attached hydrogens (tertiary/aromatic N) is 1. The lowest BCUT2D eigenvalue weighted by Gasteiger charge is -2.12. The molecule has 6 heteroatoms. The summed E-state index contributed by atoms with van der Waals surface area (Å²) in [6, 6.07) is 9.96. The molecular formula is C20H26N4O2. The zero-order chi connectivity index (χ0) is 18.4. The lowest BCUT2D eigenvalue weighted by Crippen LogP contribution is -2.38. The van der Waals surface area contributed by atoms with Crippen LogP contribution < -0.4 is 10.6 Å². The first-order chi connectivity index (χ1) is 12.7. The SMILES string of the molecule is CCNC(=NCC(O)c1ccco1)NCCc1c[nH]c2cc(C)ccc12. The van der Waals surface area contributed by atoms with E-state index in [0.717, 1.165) is 19.5 Å². The van der Waals surface area contributed by atoms with Gasteiger partial charge in [0.1, 0.15) is 11.9 Å². The highest BCUT2D eigenvalue weighted by Gasteiger charge is 2.10. The van der Waals surface area contributed by atoms with Gasteiger partial charge in [0.2, 0.25) is 0 Å². The van der Waals surface area contributed by atoms with E-state index in [1.165, 1.54) is 22.0 Å². The van der Waals surface area contributed by atoms with Crippen LogP contribution in [-0.4, -0.2) is 35.7 Å². The number of furan rings is 1. The third kappa shape index (κ3) is 4.46. The maximum absolute atomic E-state index is 10.1. The van der Waals surface area contributed by atoms with Crippen LogP contribution in [0.4, 0.5) is 0 Å². The van der Waals surface area contributed by atoms with Crippen molar-refractivity contribution in [2.45, 2.75) is 26.4 Å². The number of hydrogen-bond acceptors (Lipinski definition) is 3. The minimum Gasteiger partial charge on any atom is -0.467 e. The van der Waals surface area contributed by atoms with Crippen LogP contribution in [0.15, 0.2) is 52.2 Å². The van der Waals surface area contributed by atoms with Crippen molar-refractivity contribution in [2.24, 2.45) is 4.99 Å². The van der Waals surface area contributed by atoms with E-state index in [-0.39, 0.29) is 6.54 Å². The number of guanidine groups is 1. The molecule has 1 atom stereocenters. The van der Waals surface area contributed by atoms with Crippen LogP contribution in [0.3, 0.4) is 0 Å². The summed E-state index contributed by atoms with van der Waals surface area (Å²) < 4.78 is 5.20. The lowest BCUT2D eigenvalue weighted by atomic mass is 10.1. The molecule has 2 aromatic heterocycles. The summed E-state index contributed by atoms with van der Waals surface area (Å²) in [6.07, 6.45) is 3.76. The van der Waals surface area contributed by atoms with Crippen LogP contribution in [0.2, 0.25) is 0 Å². The Kier molecular flexibility index (Phi) is 5.96. The molecule has 0 bridgehead atoms. The summed E-state index contributed by atoms with van der Waals surface area (Å²) in [7, 11) is 0. The van der Waals surface area contributed by atoms with Gasteiger partial charge in [0.25, 0.3) is 0 Å². The van der Waals surface area contributed by atoms with Gasteiger partial charge in [-0.2, -0.15) is 0 Å². The van der Waals surface area contributed by atoms with Crippen LogP contribution in [0.5, 0.6) is 0 Å². The number of aliphatic hydroxyl groups excluding tert-OH is 1. The first-order valence-corrected chi connectivity index (χ1v) is 8.97. The average molecular weight is 354 g/mol. The predicted octanol–water partition coefficient (Wildman–Crippen LogP) is 2.90. The van der Waals surface area contributed by atoms with Crippen LogP contribution in [-0.2, 0) is 6.42 Å². The Bertz CT molecular complexity index is 852.